The Morgan fingerprint density at radius 1 is 1.25 bits per heavy atom. The maximum absolute atomic E-state index is 12.4. The second kappa shape index (κ2) is 8.87. The molecule has 0 saturated heterocycles. The van der Waals surface area contributed by atoms with E-state index in [1.54, 1.807) is 18.2 Å². The molecule has 0 aromatic heterocycles. The molecule has 0 unspecified atom stereocenters. The lowest BCUT2D eigenvalue weighted by atomic mass is 9.97. The molecule has 0 spiro atoms. The predicted octanol–water partition coefficient (Wildman–Crippen LogP) is 4.19. The van der Waals surface area contributed by atoms with Crippen LogP contribution in [-0.2, 0) is 4.74 Å². The number of ether oxygens (including phenoxy) is 1. The summed E-state index contributed by atoms with van der Waals surface area (Å²) in [4.78, 5) is 23.9. The third-order valence-corrected chi connectivity index (χ3v) is 3.42. The number of amides is 1. The van der Waals surface area contributed by atoms with Crippen LogP contribution in [0.5, 0.6) is 0 Å². The van der Waals surface area contributed by atoms with E-state index < -0.39 is 17.5 Å². The molecule has 4 nitrogen and oxygen atoms in total. The minimum absolute atomic E-state index is 0.162. The average molecular weight is 327 g/mol. The Balaban J connectivity index is 2.88. The van der Waals surface area contributed by atoms with Gasteiger partial charge in [0, 0.05) is 6.42 Å². The Hall–Kier alpha value is -2.62. The molecular weight excluding hydrogens is 302 g/mol. The molecule has 0 heterocycles. The van der Waals surface area contributed by atoms with E-state index in [-0.39, 0.29) is 11.1 Å². The van der Waals surface area contributed by atoms with E-state index in [1.807, 2.05) is 45.1 Å². The Kier molecular flexibility index (Phi) is 7.18. The largest absolute Gasteiger partial charge is 0.456 e. The fourth-order valence-electron chi connectivity index (χ4n) is 2.28. The van der Waals surface area contributed by atoms with Gasteiger partial charge in [-0.25, -0.2) is 4.79 Å². The van der Waals surface area contributed by atoms with Crippen LogP contribution in [0.25, 0.3) is 0 Å². The topological polar surface area (TPSA) is 69.4 Å². The van der Waals surface area contributed by atoms with Crippen LogP contribution in [0.2, 0.25) is 0 Å². The summed E-state index contributed by atoms with van der Waals surface area (Å²) in [6.07, 6.45) is 9.13. The first-order valence-corrected chi connectivity index (χ1v) is 7.85. The third kappa shape index (κ3) is 5.88. The van der Waals surface area contributed by atoms with Gasteiger partial charge in [-0.3, -0.25) is 4.79 Å². The van der Waals surface area contributed by atoms with Gasteiger partial charge in [0.15, 0.2) is 0 Å². The summed E-state index contributed by atoms with van der Waals surface area (Å²) in [6, 6.07) is 6.39. The number of rotatable bonds is 8. The van der Waals surface area contributed by atoms with Gasteiger partial charge in [-0.1, -0.05) is 36.4 Å². The van der Waals surface area contributed by atoms with Crippen LogP contribution in [0.15, 0.2) is 60.7 Å². The lowest BCUT2D eigenvalue weighted by Crippen LogP contribution is -2.29. The van der Waals surface area contributed by atoms with Crippen LogP contribution in [0.1, 0.15) is 54.3 Å². The molecule has 0 aliphatic rings. The van der Waals surface area contributed by atoms with Gasteiger partial charge in [-0.05, 0) is 44.9 Å². The summed E-state index contributed by atoms with van der Waals surface area (Å²) in [5.74, 6) is -1.21. The molecule has 0 atom stereocenters. The molecule has 4 heteroatoms. The summed E-state index contributed by atoms with van der Waals surface area (Å²) in [7, 11) is 0. The molecule has 0 bridgehead atoms. The van der Waals surface area contributed by atoms with Crippen molar-refractivity contribution in [3.05, 3.63) is 71.8 Å². The first-order chi connectivity index (χ1) is 11.3. The van der Waals surface area contributed by atoms with Crippen molar-refractivity contribution in [2.75, 3.05) is 0 Å². The number of primary amides is 1. The fraction of sp³-hybridized carbons (Fsp3) is 0.300. The quantitative estimate of drug-likeness (QED) is 0.442. The van der Waals surface area contributed by atoms with Crippen molar-refractivity contribution < 1.29 is 14.3 Å². The van der Waals surface area contributed by atoms with Crippen molar-refractivity contribution in [3.8, 4) is 0 Å². The second-order valence-electron chi connectivity index (χ2n) is 6.03. The highest BCUT2D eigenvalue weighted by Crippen LogP contribution is 2.24. The number of carbonyl (C=O) groups excluding carboxylic acids is 2. The SMILES string of the molecule is C=CCC=C/C(=C\C)CC(C)(C)OC(=O)c1ccccc1C(N)=O. The van der Waals surface area contributed by atoms with E-state index in [4.69, 9.17) is 10.5 Å². The molecule has 0 aliphatic carbocycles. The summed E-state index contributed by atoms with van der Waals surface area (Å²) >= 11 is 0. The smallest absolute Gasteiger partial charge is 0.339 e. The van der Waals surface area contributed by atoms with Crippen LogP contribution >= 0.6 is 0 Å². The van der Waals surface area contributed by atoms with E-state index in [0.29, 0.717) is 6.42 Å². The molecule has 1 aromatic carbocycles. The van der Waals surface area contributed by atoms with E-state index in [9.17, 15) is 9.59 Å². The summed E-state index contributed by atoms with van der Waals surface area (Å²) in [5.41, 5.74) is 5.99. The van der Waals surface area contributed by atoms with Gasteiger partial charge in [0.05, 0.1) is 11.1 Å². The number of esters is 1. The van der Waals surface area contributed by atoms with E-state index in [1.165, 1.54) is 6.07 Å². The minimum atomic E-state index is -0.720. The van der Waals surface area contributed by atoms with Crippen molar-refractivity contribution in [1.29, 1.82) is 0 Å². The Labute approximate surface area is 143 Å². The van der Waals surface area contributed by atoms with Gasteiger partial charge in [-0.15, -0.1) is 6.58 Å². The number of allylic oxidation sites excluding steroid dienone is 4. The Morgan fingerprint density at radius 3 is 2.42 bits per heavy atom. The van der Waals surface area contributed by atoms with Gasteiger partial charge in [0.2, 0.25) is 5.91 Å². The van der Waals surface area contributed by atoms with Gasteiger partial charge in [0.1, 0.15) is 5.60 Å². The highest BCUT2D eigenvalue weighted by Gasteiger charge is 2.26. The lowest BCUT2D eigenvalue weighted by Gasteiger charge is -2.26. The first kappa shape index (κ1) is 19.4. The highest BCUT2D eigenvalue weighted by atomic mass is 16.6. The zero-order chi connectivity index (χ0) is 18.2. The summed E-state index contributed by atoms with van der Waals surface area (Å²) < 4.78 is 5.61. The molecule has 1 rings (SSSR count). The van der Waals surface area contributed by atoms with Gasteiger partial charge in [-0.2, -0.15) is 0 Å². The van der Waals surface area contributed by atoms with Crippen LogP contribution in [0, 0.1) is 0 Å². The average Bonchev–Trinajstić information content (AvgIpc) is 2.53. The standard InChI is InChI=1S/C20H25NO3/c1-5-7-8-11-15(6-2)14-20(3,4)24-19(23)17-13-10-9-12-16(17)18(21)22/h5-6,8-13H,1,7,14H2,2-4H3,(H2,21,22)/b11-8?,15-6+. The van der Waals surface area contributed by atoms with Crippen LogP contribution in [0.4, 0.5) is 0 Å². The second-order valence-corrected chi connectivity index (χ2v) is 6.03. The molecule has 0 fully saturated rings. The fourth-order valence-corrected chi connectivity index (χ4v) is 2.28. The van der Waals surface area contributed by atoms with Crippen molar-refractivity contribution in [2.24, 2.45) is 5.73 Å². The van der Waals surface area contributed by atoms with E-state index in [2.05, 4.69) is 6.58 Å². The van der Waals surface area contributed by atoms with Gasteiger partial charge < -0.3 is 10.5 Å². The van der Waals surface area contributed by atoms with E-state index in [0.717, 1.165) is 12.0 Å². The molecule has 0 saturated carbocycles. The zero-order valence-electron chi connectivity index (χ0n) is 14.5. The number of carbonyl (C=O) groups is 2. The van der Waals surface area contributed by atoms with Crippen molar-refractivity contribution in [3.63, 3.8) is 0 Å². The number of hydrogen-bond acceptors (Lipinski definition) is 3. The molecule has 0 aliphatic heterocycles. The molecule has 128 valence electrons. The van der Waals surface area contributed by atoms with Crippen LogP contribution in [-0.4, -0.2) is 17.5 Å². The van der Waals surface area contributed by atoms with E-state index >= 15 is 0 Å². The molecule has 1 aromatic rings. The molecule has 2 N–H and O–H groups in total. The molecular formula is C20H25NO3. The number of benzene rings is 1. The maximum atomic E-state index is 12.4. The lowest BCUT2D eigenvalue weighted by molar-refractivity contribution is -0.000494. The van der Waals surface area contributed by atoms with Crippen molar-refractivity contribution in [2.45, 2.75) is 39.2 Å². The zero-order valence-corrected chi connectivity index (χ0v) is 14.5. The van der Waals surface area contributed by atoms with Crippen LogP contribution < -0.4 is 5.73 Å². The Morgan fingerprint density at radius 2 is 1.88 bits per heavy atom. The maximum Gasteiger partial charge on any atom is 0.339 e. The van der Waals surface area contributed by atoms with Gasteiger partial charge >= 0.3 is 5.97 Å². The van der Waals surface area contributed by atoms with Crippen LogP contribution in [0.3, 0.4) is 0 Å². The van der Waals surface area contributed by atoms with Crippen molar-refractivity contribution >= 4 is 11.9 Å². The molecule has 24 heavy (non-hydrogen) atoms. The third-order valence-electron chi connectivity index (χ3n) is 3.42. The van der Waals surface area contributed by atoms with Crippen molar-refractivity contribution in [1.82, 2.24) is 0 Å². The normalized spacial score (nSPS) is 12.2. The number of nitrogens with two attached hydrogens (primary N) is 1. The molecule has 1 amide bonds. The summed E-state index contributed by atoms with van der Waals surface area (Å²) in [6.45, 7) is 9.29. The highest BCUT2D eigenvalue weighted by molar-refractivity contribution is 6.04. The minimum Gasteiger partial charge on any atom is -0.456 e. The predicted molar refractivity (Wildman–Crippen MR) is 96.8 cm³/mol. The number of hydrogen-bond donors (Lipinski definition) is 1. The Bertz CT molecular complexity index is 669. The van der Waals surface area contributed by atoms with Gasteiger partial charge in [0.25, 0.3) is 0 Å². The first-order valence-electron chi connectivity index (χ1n) is 7.85. The molecule has 0 radical (unpaired) electrons. The summed E-state index contributed by atoms with van der Waals surface area (Å²) in [5, 5.41) is 0. The monoisotopic (exact) mass is 327 g/mol.